The second kappa shape index (κ2) is 9.95. The lowest BCUT2D eigenvalue weighted by molar-refractivity contribution is -0.212. The second-order valence-electron chi connectivity index (χ2n) is 9.47. The molecule has 1 fully saturated rings. The van der Waals surface area contributed by atoms with Crippen molar-refractivity contribution in [2.75, 3.05) is 13.3 Å². The SMILES string of the molecule is C/C=C\[C@H](C)[C@@H](O[Si](C)(C)C(C)(C)C)[C@H](C)[C@H]1OC(P(C)P)OC[C@@H]1C. The molecular formula is C20H42O3P2Si. The Hall–Kier alpha value is 0.697. The van der Waals surface area contributed by atoms with E-state index in [1.807, 2.05) is 0 Å². The van der Waals surface area contributed by atoms with Crippen molar-refractivity contribution in [3.8, 4) is 0 Å². The number of hydrogen-bond acceptors (Lipinski definition) is 3. The lowest BCUT2D eigenvalue weighted by Crippen LogP contribution is -2.52. The average Bonchev–Trinajstić information content (AvgIpc) is 2.51. The summed E-state index contributed by atoms with van der Waals surface area (Å²) in [5.41, 5.74) is 0. The van der Waals surface area contributed by atoms with Gasteiger partial charge in [-0.3, -0.25) is 0 Å². The van der Waals surface area contributed by atoms with Crippen molar-refractivity contribution in [1.82, 2.24) is 0 Å². The van der Waals surface area contributed by atoms with Crippen LogP contribution >= 0.6 is 16.5 Å². The largest absolute Gasteiger partial charge is 0.413 e. The summed E-state index contributed by atoms with van der Waals surface area (Å²) in [6.07, 6.45) is 4.75. The van der Waals surface area contributed by atoms with Gasteiger partial charge in [-0.25, -0.2) is 0 Å². The van der Waals surface area contributed by atoms with Gasteiger partial charge in [-0.1, -0.05) is 53.7 Å². The minimum absolute atomic E-state index is 0.0794. The standard InChI is InChI=1S/C20H42O3P2Si/c1-11-12-14(2)18(23-26(9,10)20(5,6)7)16(4)17-15(3)13-21-19(22-17)25(8)24/h11-12,14-19H,13,24H2,1-10H3/b12-11-/t14-,15-,16+,17-,18+,19?,25?/m0/s1. The van der Waals surface area contributed by atoms with Gasteiger partial charge >= 0.3 is 0 Å². The number of ether oxygens (including phenoxy) is 2. The molecule has 3 nitrogen and oxygen atoms in total. The van der Waals surface area contributed by atoms with Crippen LogP contribution in [0.1, 0.15) is 48.5 Å². The molecule has 154 valence electrons. The maximum Gasteiger partial charge on any atom is 0.192 e. The molecule has 3 unspecified atom stereocenters. The molecule has 1 aliphatic rings. The third-order valence-corrected chi connectivity index (χ3v) is 12.1. The molecule has 6 heteroatoms. The fourth-order valence-electron chi connectivity index (χ4n) is 3.30. The molecule has 0 aliphatic carbocycles. The van der Waals surface area contributed by atoms with Crippen molar-refractivity contribution in [3.05, 3.63) is 12.2 Å². The molecule has 0 spiro atoms. The second-order valence-corrected chi connectivity index (χ2v) is 18.4. The van der Waals surface area contributed by atoms with Crippen molar-refractivity contribution in [2.24, 2.45) is 17.8 Å². The summed E-state index contributed by atoms with van der Waals surface area (Å²) in [5, 5.41) is 0.198. The van der Waals surface area contributed by atoms with Gasteiger partial charge in [-0.05, 0) is 45.2 Å². The monoisotopic (exact) mass is 420 g/mol. The molecule has 0 saturated carbocycles. The molecule has 0 aromatic rings. The summed E-state index contributed by atoms with van der Waals surface area (Å²) < 4.78 is 19.3. The third-order valence-electron chi connectivity index (χ3n) is 5.96. The molecule has 0 N–H and O–H groups in total. The predicted octanol–water partition coefficient (Wildman–Crippen LogP) is 6.46. The Bertz CT molecular complexity index is 462. The van der Waals surface area contributed by atoms with Gasteiger partial charge in [0.1, 0.15) is 0 Å². The van der Waals surface area contributed by atoms with E-state index >= 15 is 0 Å². The van der Waals surface area contributed by atoms with E-state index in [2.05, 4.69) is 89.3 Å². The third kappa shape index (κ3) is 6.36. The summed E-state index contributed by atoms with van der Waals surface area (Å²) >= 11 is 0. The van der Waals surface area contributed by atoms with E-state index in [0.29, 0.717) is 17.8 Å². The molecular weight excluding hydrogens is 378 g/mol. The summed E-state index contributed by atoms with van der Waals surface area (Å²) in [6.45, 7) is 23.5. The molecule has 0 amide bonds. The first kappa shape index (κ1) is 24.7. The first-order valence-electron chi connectivity index (χ1n) is 9.87. The molecule has 1 rings (SSSR count). The maximum absolute atomic E-state index is 6.94. The van der Waals surface area contributed by atoms with Crippen LogP contribution in [0.25, 0.3) is 0 Å². The highest BCUT2D eigenvalue weighted by Gasteiger charge is 2.44. The zero-order chi connectivity index (χ0) is 20.3. The van der Waals surface area contributed by atoms with Crippen LogP contribution in [-0.4, -0.2) is 39.8 Å². The Morgan fingerprint density at radius 3 is 2.31 bits per heavy atom. The summed E-state index contributed by atoms with van der Waals surface area (Å²) in [6, 6.07) is -0.0794. The average molecular weight is 421 g/mol. The van der Waals surface area contributed by atoms with Crippen LogP contribution < -0.4 is 0 Å². The predicted molar refractivity (Wildman–Crippen MR) is 122 cm³/mol. The van der Waals surface area contributed by atoms with Gasteiger partial charge in [0, 0.05) is 11.8 Å². The Kier molecular flexibility index (Phi) is 9.46. The smallest absolute Gasteiger partial charge is 0.192 e. The number of hydrogen-bond donors (Lipinski definition) is 0. The topological polar surface area (TPSA) is 27.7 Å². The van der Waals surface area contributed by atoms with Gasteiger partial charge in [0.25, 0.3) is 0 Å². The summed E-state index contributed by atoms with van der Waals surface area (Å²) in [7, 11) is 0.654. The molecule has 1 aliphatic heterocycles. The zero-order valence-corrected chi connectivity index (χ0v) is 21.6. The van der Waals surface area contributed by atoms with E-state index in [9.17, 15) is 0 Å². The highest BCUT2D eigenvalue weighted by molar-refractivity contribution is 8.13. The Labute approximate surface area is 167 Å². The fraction of sp³-hybridized carbons (Fsp3) is 0.900. The molecule has 1 heterocycles. The van der Waals surface area contributed by atoms with Crippen LogP contribution in [0.3, 0.4) is 0 Å². The van der Waals surface area contributed by atoms with Crippen molar-refractivity contribution in [2.45, 2.75) is 84.8 Å². The van der Waals surface area contributed by atoms with Crippen molar-refractivity contribution in [3.63, 3.8) is 0 Å². The summed E-state index contributed by atoms with van der Waals surface area (Å²) in [4.78, 5) is 0. The highest BCUT2D eigenvalue weighted by atomic mass is 32.0. The molecule has 0 bridgehead atoms. The van der Waals surface area contributed by atoms with Crippen LogP contribution in [0.5, 0.6) is 0 Å². The lowest BCUT2D eigenvalue weighted by Gasteiger charge is -2.46. The Morgan fingerprint density at radius 2 is 1.85 bits per heavy atom. The van der Waals surface area contributed by atoms with E-state index in [-0.39, 0.29) is 30.9 Å². The van der Waals surface area contributed by atoms with Crippen LogP contribution in [0.4, 0.5) is 0 Å². The van der Waals surface area contributed by atoms with Crippen LogP contribution in [0.15, 0.2) is 12.2 Å². The molecule has 8 atom stereocenters. The van der Waals surface area contributed by atoms with Crippen molar-refractivity contribution in [1.29, 1.82) is 0 Å². The van der Waals surface area contributed by atoms with Gasteiger partial charge in [-0.2, -0.15) is 0 Å². The van der Waals surface area contributed by atoms with E-state index < -0.39 is 8.32 Å². The summed E-state index contributed by atoms with van der Waals surface area (Å²) in [5.74, 6) is 1.06. The normalized spacial score (nSPS) is 30.2. The van der Waals surface area contributed by atoms with Crippen molar-refractivity contribution >= 4 is 24.9 Å². The van der Waals surface area contributed by atoms with Gasteiger partial charge in [0.05, 0.1) is 18.8 Å². The van der Waals surface area contributed by atoms with Crippen LogP contribution in [0.2, 0.25) is 18.1 Å². The van der Waals surface area contributed by atoms with E-state index in [1.165, 1.54) is 0 Å². The molecule has 0 aromatic heterocycles. The maximum atomic E-state index is 6.94. The number of allylic oxidation sites excluding steroid dienone is 1. The van der Waals surface area contributed by atoms with Gasteiger partial charge in [0.2, 0.25) is 0 Å². The van der Waals surface area contributed by atoms with E-state index in [1.54, 1.807) is 0 Å². The van der Waals surface area contributed by atoms with Gasteiger partial charge in [0.15, 0.2) is 14.3 Å². The minimum atomic E-state index is -1.87. The molecule has 0 radical (unpaired) electrons. The minimum Gasteiger partial charge on any atom is -0.413 e. The van der Waals surface area contributed by atoms with Gasteiger partial charge in [-0.15, -0.1) is 8.93 Å². The lowest BCUT2D eigenvalue weighted by atomic mass is 9.84. The first-order valence-corrected chi connectivity index (χ1v) is 16.3. The Morgan fingerprint density at radius 1 is 1.27 bits per heavy atom. The van der Waals surface area contributed by atoms with Crippen LogP contribution in [-0.2, 0) is 13.9 Å². The van der Waals surface area contributed by atoms with Crippen LogP contribution in [0, 0.1) is 17.8 Å². The van der Waals surface area contributed by atoms with Gasteiger partial charge < -0.3 is 13.9 Å². The Balaban J connectivity index is 3.08. The highest BCUT2D eigenvalue weighted by Crippen LogP contribution is 2.50. The first-order chi connectivity index (χ1) is 11.8. The van der Waals surface area contributed by atoms with E-state index in [4.69, 9.17) is 13.9 Å². The van der Waals surface area contributed by atoms with E-state index in [0.717, 1.165) is 6.61 Å². The zero-order valence-electron chi connectivity index (χ0n) is 18.6. The molecule has 0 aromatic carbocycles. The molecule has 1 saturated heterocycles. The number of rotatable bonds is 7. The van der Waals surface area contributed by atoms with Crippen molar-refractivity contribution < 1.29 is 13.9 Å². The molecule has 26 heavy (non-hydrogen) atoms. The quantitative estimate of drug-likeness (QED) is 0.269. The fourth-order valence-corrected chi connectivity index (χ4v) is 5.89.